The van der Waals surface area contributed by atoms with E-state index in [1.165, 1.54) is 12.5 Å². The van der Waals surface area contributed by atoms with E-state index < -0.39 is 16.1 Å². The quantitative estimate of drug-likeness (QED) is 0.531. The first kappa shape index (κ1) is 22.2. The van der Waals surface area contributed by atoms with Gasteiger partial charge in [0, 0.05) is 43.0 Å². The van der Waals surface area contributed by atoms with Crippen LogP contribution in [-0.2, 0) is 22.1 Å². The lowest BCUT2D eigenvalue weighted by Gasteiger charge is -2.21. The van der Waals surface area contributed by atoms with Crippen molar-refractivity contribution in [2.24, 2.45) is 13.0 Å². The summed E-state index contributed by atoms with van der Waals surface area (Å²) in [7, 11) is -2.09. The lowest BCUT2D eigenvalue weighted by molar-refractivity contribution is -0.114. The third-order valence-electron chi connectivity index (χ3n) is 5.84. The van der Waals surface area contributed by atoms with Crippen LogP contribution in [0, 0.1) is 12.8 Å². The van der Waals surface area contributed by atoms with Crippen molar-refractivity contribution in [3.63, 3.8) is 0 Å². The van der Waals surface area contributed by atoms with E-state index in [9.17, 15) is 13.2 Å². The summed E-state index contributed by atoms with van der Waals surface area (Å²) in [6.07, 6.45) is 11.9. The molecular weight excluding hydrogens is 428 g/mol. The minimum Gasteiger partial charge on any atom is -0.285 e. The molecule has 0 unspecified atom stereocenters. The van der Waals surface area contributed by atoms with Gasteiger partial charge in [-0.3, -0.25) is 14.0 Å². The van der Waals surface area contributed by atoms with Crippen LogP contribution in [0.15, 0.2) is 36.7 Å². The van der Waals surface area contributed by atoms with E-state index >= 15 is 0 Å². The maximum Gasteiger partial charge on any atom is 0.301 e. The van der Waals surface area contributed by atoms with Gasteiger partial charge in [0.25, 0.3) is 5.91 Å². The number of fused-ring (bicyclic) bond motifs is 1. The maximum absolute atomic E-state index is 12.3. The Labute approximate surface area is 187 Å². The van der Waals surface area contributed by atoms with Crippen molar-refractivity contribution in [2.45, 2.75) is 39.0 Å². The monoisotopic (exact) mass is 456 g/mol. The molecule has 10 heteroatoms. The van der Waals surface area contributed by atoms with Crippen LogP contribution in [0.4, 0.5) is 0 Å². The zero-order valence-corrected chi connectivity index (χ0v) is 19.1. The fraction of sp³-hybridized carbons (Fsp3) is 0.409. The van der Waals surface area contributed by atoms with Crippen LogP contribution in [0.5, 0.6) is 0 Å². The average molecular weight is 457 g/mol. The number of carbonyl (C=O) groups is 1. The number of pyridine rings is 1. The van der Waals surface area contributed by atoms with Crippen LogP contribution < -0.4 is 9.44 Å². The van der Waals surface area contributed by atoms with E-state index in [4.69, 9.17) is 0 Å². The Hall–Kier alpha value is -2.98. The van der Waals surface area contributed by atoms with Gasteiger partial charge in [0.2, 0.25) is 0 Å². The van der Waals surface area contributed by atoms with E-state index in [0.717, 1.165) is 42.5 Å². The molecule has 1 amide bonds. The van der Waals surface area contributed by atoms with Crippen molar-refractivity contribution in [2.75, 3.05) is 6.54 Å². The van der Waals surface area contributed by atoms with Gasteiger partial charge < -0.3 is 0 Å². The molecule has 4 rings (SSSR count). The first-order valence-electron chi connectivity index (χ1n) is 10.8. The predicted octanol–water partition coefficient (Wildman–Crippen LogP) is 2.61. The van der Waals surface area contributed by atoms with E-state index in [-0.39, 0.29) is 0 Å². The molecule has 0 aromatic carbocycles. The van der Waals surface area contributed by atoms with Crippen LogP contribution >= 0.6 is 0 Å². The zero-order valence-electron chi connectivity index (χ0n) is 18.3. The molecule has 170 valence electrons. The molecule has 1 aliphatic carbocycles. The van der Waals surface area contributed by atoms with Crippen LogP contribution in [0.1, 0.15) is 43.4 Å². The number of nitrogens with zero attached hydrogens (tertiary/aromatic N) is 4. The highest BCUT2D eigenvalue weighted by atomic mass is 32.2. The Kier molecular flexibility index (Phi) is 6.43. The summed E-state index contributed by atoms with van der Waals surface area (Å²) in [6, 6.07) is 5.79. The summed E-state index contributed by atoms with van der Waals surface area (Å²) < 4.78 is 32.7. The van der Waals surface area contributed by atoms with E-state index in [2.05, 4.69) is 19.5 Å². The Bertz CT molecular complexity index is 1250. The van der Waals surface area contributed by atoms with Crippen LogP contribution in [0.2, 0.25) is 0 Å². The maximum atomic E-state index is 12.3. The standard InChI is InChI=1S/C22H28N6O3S/c1-16-19(22(27(2)25-16)28-14-12-18-9-6-13-23-21(18)28)10-11-20(29)26-32(30,31)24-15-17-7-4-3-5-8-17/h6,9-14,17,24H,3-5,7-8,15H2,1-2H3,(H,26,29). The highest BCUT2D eigenvalue weighted by Crippen LogP contribution is 2.24. The summed E-state index contributed by atoms with van der Waals surface area (Å²) >= 11 is 0. The van der Waals surface area contributed by atoms with Crippen molar-refractivity contribution < 1.29 is 13.2 Å². The number of aromatic nitrogens is 4. The summed E-state index contributed by atoms with van der Waals surface area (Å²) in [5, 5.41) is 5.44. The van der Waals surface area contributed by atoms with Gasteiger partial charge in [-0.05, 0) is 50.0 Å². The Morgan fingerprint density at radius 2 is 2.03 bits per heavy atom. The molecule has 0 radical (unpaired) electrons. The third kappa shape index (κ3) is 4.91. The smallest absolute Gasteiger partial charge is 0.285 e. The minimum atomic E-state index is -3.91. The number of hydrogen-bond donors (Lipinski definition) is 2. The van der Waals surface area contributed by atoms with Crippen LogP contribution in [0.25, 0.3) is 22.9 Å². The number of nitrogens with one attached hydrogen (secondary N) is 2. The summed E-state index contributed by atoms with van der Waals surface area (Å²) in [5.41, 5.74) is 2.19. The predicted molar refractivity (Wildman–Crippen MR) is 123 cm³/mol. The van der Waals surface area contributed by atoms with Crippen LogP contribution in [0.3, 0.4) is 0 Å². The highest BCUT2D eigenvalue weighted by molar-refractivity contribution is 7.88. The zero-order chi connectivity index (χ0) is 22.7. The summed E-state index contributed by atoms with van der Waals surface area (Å²) in [4.78, 5) is 16.8. The van der Waals surface area contributed by atoms with Crippen molar-refractivity contribution in [1.29, 1.82) is 0 Å². The second-order valence-corrected chi connectivity index (χ2v) is 9.70. The van der Waals surface area contributed by atoms with E-state index in [0.29, 0.717) is 23.7 Å². The molecule has 3 aromatic rings. The molecule has 9 nitrogen and oxygen atoms in total. The van der Waals surface area contributed by atoms with E-state index in [1.54, 1.807) is 17.0 Å². The molecular formula is C22H28N6O3S. The Morgan fingerprint density at radius 3 is 2.81 bits per heavy atom. The molecule has 0 saturated heterocycles. The second kappa shape index (κ2) is 9.25. The lowest BCUT2D eigenvalue weighted by atomic mass is 9.90. The summed E-state index contributed by atoms with van der Waals surface area (Å²) in [5.74, 6) is 0.348. The first-order chi connectivity index (χ1) is 15.3. The number of amides is 1. The highest BCUT2D eigenvalue weighted by Gasteiger charge is 2.19. The molecule has 3 heterocycles. The SMILES string of the molecule is Cc1nn(C)c(-n2ccc3cccnc32)c1C=CC(=O)NS(=O)(=O)NCC1CCCCC1. The average Bonchev–Trinajstić information content (AvgIpc) is 3.31. The molecule has 2 N–H and O–H groups in total. The Balaban J connectivity index is 1.49. The molecule has 1 saturated carbocycles. The van der Waals surface area contributed by atoms with Crippen molar-refractivity contribution in [3.05, 3.63) is 47.9 Å². The van der Waals surface area contributed by atoms with Gasteiger partial charge in [-0.2, -0.15) is 18.2 Å². The van der Waals surface area contributed by atoms with E-state index in [1.807, 2.05) is 42.9 Å². The van der Waals surface area contributed by atoms with Gasteiger partial charge >= 0.3 is 10.2 Å². The molecule has 0 aliphatic heterocycles. The number of hydrogen-bond acceptors (Lipinski definition) is 5. The number of aryl methyl sites for hydroxylation is 2. The molecule has 1 fully saturated rings. The van der Waals surface area contributed by atoms with Gasteiger partial charge in [0.1, 0.15) is 11.5 Å². The largest absolute Gasteiger partial charge is 0.301 e. The van der Waals surface area contributed by atoms with Gasteiger partial charge in [0.15, 0.2) is 0 Å². The normalized spacial score (nSPS) is 15.6. The van der Waals surface area contributed by atoms with Gasteiger partial charge in [-0.1, -0.05) is 19.3 Å². The summed E-state index contributed by atoms with van der Waals surface area (Å²) in [6.45, 7) is 2.19. The fourth-order valence-corrected chi connectivity index (χ4v) is 5.12. The van der Waals surface area contributed by atoms with Gasteiger partial charge in [-0.15, -0.1) is 0 Å². The van der Waals surface area contributed by atoms with Gasteiger partial charge in [-0.25, -0.2) is 9.71 Å². The molecule has 3 aromatic heterocycles. The molecule has 0 atom stereocenters. The van der Waals surface area contributed by atoms with Crippen molar-refractivity contribution in [1.82, 2.24) is 28.8 Å². The van der Waals surface area contributed by atoms with Crippen molar-refractivity contribution >= 4 is 33.2 Å². The fourth-order valence-electron chi connectivity index (χ4n) is 4.26. The molecule has 0 bridgehead atoms. The number of rotatable bonds is 7. The second-order valence-electron chi connectivity index (χ2n) is 8.20. The van der Waals surface area contributed by atoms with Crippen LogP contribution in [-0.4, -0.2) is 40.2 Å². The lowest BCUT2D eigenvalue weighted by Crippen LogP contribution is -2.41. The van der Waals surface area contributed by atoms with Gasteiger partial charge in [0.05, 0.1) is 5.69 Å². The first-order valence-corrected chi connectivity index (χ1v) is 12.3. The number of carbonyl (C=O) groups excluding carboxylic acids is 1. The van der Waals surface area contributed by atoms with Crippen molar-refractivity contribution in [3.8, 4) is 5.82 Å². The third-order valence-corrected chi connectivity index (χ3v) is 6.85. The molecule has 32 heavy (non-hydrogen) atoms. The molecule has 0 spiro atoms. The Morgan fingerprint density at radius 1 is 1.25 bits per heavy atom. The molecule has 1 aliphatic rings. The minimum absolute atomic E-state index is 0.330. The topological polar surface area (TPSA) is 111 Å².